The van der Waals surface area contributed by atoms with Gasteiger partial charge in [0.2, 0.25) is 0 Å². The predicted molar refractivity (Wildman–Crippen MR) is 77.8 cm³/mol. The van der Waals surface area contributed by atoms with Crippen molar-refractivity contribution >= 4 is 17.5 Å². The number of rotatable bonds is 2. The van der Waals surface area contributed by atoms with E-state index in [9.17, 15) is 22.4 Å². The zero-order valence-corrected chi connectivity index (χ0v) is 12.7. The normalized spacial score (nSPS) is 17.6. The number of primary amides is 1. The number of hydrogen-bond donors (Lipinski definition) is 2. The molecule has 10 heteroatoms. The Morgan fingerprint density at radius 2 is 2.12 bits per heavy atom. The number of benzene rings is 1. The van der Waals surface area contributed by atoms with Crippen LogP contribution in [0.2, 0.25) is 5.02 Å². The van der Waals surface area contributed by atoms with Crippen molar-refractivity contribution < 1.29 is 22.4 Å². The second-order valence-corrected chi connectivity index (χ2v) is 5.73. The number of halogens is 5. The van der Waals surface area contributed by atoms with E-state index in [2.05, 4.69) is 10.4 Å². The largest absolute Gasteiger partial charge is 0.405 e. The van der Waals surface area contributed by atoms with Crippen molar-refractivity contribution in [1.29, 1.82) is 0 Å². The molecule has 1 atom stereocenters. The summed E-state index contributed by atoms with van der Waals surface area (Å²) in [6.45, 7) is -0.710. The lowest BCUT2D eigenvalue weighted by molar-refractivity contribution is -0.162. The summed E-state index contributed by atoms with van der Waals surface area (Å²) in [5.41, 5.74) is 5.96. The lowest BCUT2D eigenvalue weighted by Gasteiger charge is -2.27. The monoisotopic (exact) mass is 362 g/mol. The Balaban J connectivity index is 2.10. The molecule has 1 amide bonds. The first kappa shape index (κ1) is 16.7. The van der Waals surface area contributed by atoms with Gasteiger partial charge < -0.3 is 5.73 Å². The van der Waals surface area contributed by atoms with E-state index < -0.39 is 30.5 Å². The van der Waals surface area contributed by atoms with Gasteiger partial charge in [-0.15, -0.1) is 0 Å². The molecule has 1 aliphatic rings. The Bertz CT molecular complexity index is 818. The van der Waals surface area contributed by atoms with E-state index in [0.717, 1.165) is 10.7 Å². The third-order valence-electron chi connectivity index (χ3n) is 3.76. The third-order valence-corrected chi connectivity index (χ3v) is 4.05. The number of nitrogens with zero attached hydrogens (tertiary/aromatic N) is 2. The van der Waals surface area contributed by atoms with Gasteiger partial charge in [0.1, 0.15) is 17.6 Å². The Labute approximate surface area is 138 Å². The van der Waals surface area contributed by atoms with Crippen LogP contribution in [0.1, 0.15) is 16.1 Å². The molecule has 1 unspecified atom stereocenters. The molecule has 0 fully saturated rings. The van der Waals surface area contributed by atoms with Gasteiger partial charge in [-0.1, -0.05) is 11.6 Å². The van der Waals surface area contributed by atoms with Crippen LogP contribution in [0, 0.1) is 5.82 Å². The van der Waals surface area contributed by atoms with Gasteiger partial charge in [-0.3, -0.25) is 14.8 Å². The summed E-state index contributed by atoms with van der Waals surface area (Å²) >= 11 is 5.72. The number of nitrogens with two attached hydrogens (primary N) is 1. The zero-order valence-electron chi connectivity index (χ0n) is 12.0. The van der Waals surface area contributed by atoms with E-state index >= 15 is 0 Å². The van der Waals surface area contributed by atoms with Crippen LogP contribution in [-0.4, -0.2) is 27.9 Å². The second kappa shape index (κ2) is 5.75. The molecule has 0 aliphatic carbocycles. The van der Waals surface area contributed by atoms with E-state index in [1.807, 2.05) is 0 Å². The van der Waals surface area contributed by atoms with Crippen LogP contribution >= 0.6 is 11.6 Å². The second-order valence-electron chi connectivity index (χ2n) is 5.32. The fourth-order valence-electron chi connectivity index (χ4n) is 2.61. The molecule has 0 bridgehead atoms. The van der Waals surface area contributed by atoms with Crippen molar-refractivity contribution in [1.82, 2.24) is 15.1 Å². The van der Waals surface area contributed by atoms with Crippen LogP contribution in [0.4, 0.5) is 17.6 Å². The highest BCUT2D eigenvalue weighted by Crippen LogP contribution is 2.32. The maximum atomic E-state index is 13.3. The van der Waals surface area contributed by atoms with E-state index in [-0.39, 0.29) is 28.5 Å². The molecule has 5 nitrogen and oxygen atoms in total. The number of fused-ring (bicyclic) bond motifs is 1. The molecule has 3 rings (SSSR count). The SMILES string of the molecule is NC(=O)c1c(-c2ccc(F)c(Cl)c2)nn2c1CNC(C(F)(F)F)C2. The van der Waals surface area contributed by atoms with Gasteiger partial charge in [-0.2, -0.15) is 18.3 Å². The van der Waals surface area contributed by atoms with Crippen molar-refractivity contribution in [2.24, 2.45) is 5.73 Å². The number of carbonyl (C=O) groups excluding carboxylic acids is 1. The summed E-state index contributed by atoms with van der Waals surface area (Å²) in [4.78, 5) is 11.8. The van der Waals surface area contributed by atoms with Gasteiger partial charge in [0, 0.05) is 12.1 Å². The molecule has 24 heavy (non-hydrogen) atoms. The summed E-state index contributed by atoms with van der Waals surface area (Å²) < 4.78 is 53.0. The molecule has 2 heterocycles. The summed E-state index contributed by atoms with van der Waals surface area (Å²) in [5.74, 6) is -1.50. The molecule has 2 aromatic rings. The first-order chi connectivity index (χ1) is 11.2. The van der Waals surface area contributed by atoms with Crippen LogP contribution in [0.5, 0.6) is 0 Å². The third kappa shape index (κ3) is 2.84. The van der Waals surface area contributed by atoms with Crippen molar-refractivity contribution in [2.75, 3.05) is 0 Å². The first-order valence-corrected chi connectivity index (χ1v) is 7.21. The van der Waals surface area contributed by atoms with Crippen molar-refractivity contribution in [2.45, 2.75) is 25.3 Å². The number of amides is 1. The zero-order chi connectivity index (χ0) is 17.6. The first-order valence-electron chi connectivity index (χ1n) is 6.83. The van der Waals surface area contributed by atoms with Crippen LogP contribution in [-0.2, 0) is 13.1 Å². The van der Waals surface area contributed by atoms with E-state index in [0.29, 0.717) is 5.56 Å². The molecule has 1 aromatic heterocycles. The Kier molecular flexibility index (Phi) is 4.00. The van der Waals surface area contributed by atoms with Crippen LogP contribution in [0.3, 0.4) is 0 Å². The Hall–Kier alpha value is -2.13. The van der Waals surface area contributed by atoms with Gasteiger partial charge in [0.25, 0.3) is 5.91 Å². The molecule has 128 valence electrons. The molecule has 0 radical (unpaired) electrons. The number of nitrogens with one attached hydrogen (secondary N) is 1. The quantitative estimate of drug-likeness (QED) is 0.806. The Morgan fingerprint density at radius 1 is 1.42 bits per heavy atom. The molecule has 0 saturated carbocycles. The average molecular weight is 363 g/mol. The topological polar surface area (TPSA) is 72.9 Å². The smallest absolute Gasteiger partial charge is 0.365 e. The number of carbonyl (C=O) groups is 1. The van der Waals surface area contributed by atoms with E-state index in [4.69, 9.17) is 17.3 Å². The summed E-state index contributed by atoms with van der Waals surface area (Å²) in [5, 5.41) is 6.19. The van der Waals surface area contributed by atoms with E-state index in [1.54, 1.807) is 0 Å². The average Bonchev–Trinajstić information content (AvgIpc) is 2.87. The van der Waals surface area contributed by atoms with Crippen molar-refractivity contribution in [3.8, 4) is 11.3 Å². The van der Waals surface area contributed by atoms with Crippen LogP contribution in [0.15, 0.2) is 18.2 Å². The van der Waals surface area contributed by atoms with Gasteiger partial charge in [-0.25, -0.2) is 4.39 Å². The molecule has 0 spiro atoms. The Morgan fingerprint density at radius 3 is 2.71 bits per heavy atom. The molecular formula is C14H11ClF4N4O. The van der Waals surface area contributed by atoms with Crippen LogP contribution < -0.4 is 11.1 Å². The van der Waals surface area contributed by atoms with Crippen molar-refractivity contribution in [3.63, 3.8) is 0 Å². The molecule has 1 aromatic carbocycles. The minimum atomic E-state index is -4.45. The highest BCUT2D eigenvalue weighted by molar-refractivity contribution is 6.31. The molecule has 1 aliphatic heterocycles. The lowest BCUT2D eigenvalue weighted by Crippen LogP contribution is -2.49. The fraction of sp³-hybridized carbons (Fsp3) is 0.286. The summed E-state index contributed by atoms with van der Waals surface area (Å²) in [6, 6.07) is 1.87. The van der Waals surface area contributed by atoms with Gasteiger partial charge in [0.05, 0.1) is 22.8 Å². The minimum absolute atomic E-state index is 0.00852. The highest BCUT2D eigenvalue weighted by atomic mass is 35.5. The summed E-state index contributed by atoms with van der Waals surface area (Å²) in [6.07, 6.45) is -4.45. The molecule has 3 N–H and O–H groups in total. The predicted octanol–water partition coefficient (Wildman–Crippen LogP) is 2.48. The number of alkyl halides is 3. The van der Waals surface area contributed by atoms with Crippen molar-refractivity contribution in [3.05, 3.63) is 40.3 Å². The maximum absolute atomic E-state index is 13.3. The fourth-order valence-corrected chi connectivity index (χ4v) is 2.79. The van der Waals surface area contributed by atoms with Gasteiger partial charge in [-0.05, 0) is 18.2 Å². The van der Waals surface area contributed by atoms with Crippen LogP contribution in [0.25, 0.3) is 11.3 Å². The number of hydrogen-bond acceptors (Lipinski definition) is 3. The van der Waals surface area contributed by atoms with Gasteiger partial charge >= 0.3 is 6.18 Å². The minimum Gasteiger partial charge on any atom is -0.365 e. The maximum Gasteiger partial charge on any atom is 0.405 e. The summed E-state index contributed by atoms with van der Waals surface area (Å²) in [7, 11) is 0. The molecule has 0 saturated heterocycles. The lowest BCUT2D eigenvalue weighted by atomic mass is 10.0. The standard InChI is InChI=1S/C14H11ClF4N4O/c15-7-3-6(1-2-8(7)16)12-11(13(20)24)9-4-21-10(14(17,18)19)5-23(9)22-12/h1-3,10,21H,4-5H2,(H2,20,24). The van der Waals surface area contributed by atoms with E-state index in [1.165, 1.54) is 12.1 Å². The number of aromatic nitrogens is 2. The highest BCUT2D eigenvalue weighted by Gasteiger charge is 2.43. The van der Waals surface area contributed by atoms with Gasteiger partial charge in [0.15, 0.2) is 0 Å². The molecular weight excluding hydrogens is 352 g/mol.